The highest BCUT2D eigenvalue weighted by Crippen LogP contribution is 2.57. The van der Waals surface area contributed by atoms with Gasteiger partial charge in [0.1, 0.15) is 14.1 Å². The van der Waals surface area contributed by atoms with Gasteiger partial charge in [0, 0.05) is 18.0 Å². The van der Waals surface area contributed by atoms with Crippen molar-refractivity contribution in [1.29, 1.82) is 0 Å². The summed E-state index contributed by atoms with van der Waals surface area (Å²) in [7, 11) is -1.60. The number of nitrogens with zero attached hydrogens (tertiary/aromatic N) is 4. The van der Waals surface area contributed by atoms with Crippen LogP contribution < -0.4 is 0 Å². The monoisotopic (exact) mass is 368 g/mol. The first-order valence-electron chi connectivity index (χ1n) is 9.22. The Hall–Kier alpha value is -2.22. The second-order valence-corrected chi connectivity index (χ2v) is 12.5. The van der Waals surface area contributed by atoms with E-state index in [4.69, 9.17) is 5.53 Å². The summed E-state index contributed by atoms with van der Waals surface area (Å²) in [4.78, 5) is 18.2. The van der Waals surface area contributed by atoms with Crippen LogP contribution in [-0.4, -0.2) is 38.0 Å². The molecule has 1 aliphatic rings. The summed E-state index contributed by atoms with van der Waals surface area (Å²) in [5, 5.41) is 3.96. The first-order chi connectivity index (χ1) is 12.3. The lowest BCUT2D eigenvalue weighted by atomic mass is 9.89. The SMILES string of the molecule is CCN(CC)C(=O)[C@@]1(c2ccccc2)C[C@H]1[C@H](C#C[Si](C)(C)C)N=[N+]=[N-]. The van der Waals surface area contributed by atoms with Gasteiger partial charge < -0.3 is 4.90 Å². The van der Waals surface area contributed by atoms with Gasteiger partial charge in [-0.05, 0) is 37.3 Å². The smallest absolute Gasteiger partial charge is 0.233 e. The van der Waals surface area contributed by atoms with Crippen LogP contribution in [0.5, 0.6) is 0 Å². The van der Waals surface area contributed by atoms with Crippen molar-refractivity contribution in [3.8, 4) is 11.5 Å². The number of likely N-dealkylation sites (N-methyl/N-ethyl adjacent to an activating group) is 1. The molecule has 5 nitrogen and oxygen atoms in total. The molecule has 1 fully saturated rings. The third-order valence-corrected chi connectivity index (χ3v) is 5.78. The molecule has 0 heterocycles. The fourth-order valence-electron chi connectivity index (χ4n) is 3.45. The second-order valence-electron chi connectivity index (χ2n) is 7.79. The number of rotatable bonds is 6. The molecular formula is C20H28N4OSi. The fourth-order valence-corrected chi connectivity index (χ4v) is 4.04. The molecular weight excluding hydrogens is 340 g/mol. The van der Waals surface area contributed by atoms with Crippen molar-refractivity contribution in [3.63, 3.8) is 0 Å². The number of benzene rings is 1. The molecule has 0 aromatic heterocycles. The van der Waals surface area contributed by atoms with Gasteiger partial charge in [-0.2, -0.15) is 0 Å². The average Bonchev–Trinajstić information content (AvgIpc) is 3.36. The highest BCUT2D eigenvalue weighted by molar-refractivity contribution is 6.83. The number of carbonyl (C=O) groups is 1. The molecule has 0 radical (unpaired) electrons. The topological polar surface area (TPSA) is 69.1 Å². The Morgan fingerprint density at radius 1 is 1.35 bits per heavy atom. The van der Waals surface area contributed by atoms with Gasteiger partial charge in [0.25, 0.3) is 0 Å². The van der Waals surface area contributed by atoms with E-state index in [1.165, 1.54) is 0 Å². The van der Waals surface area contributed by atoms with Gasteiger partial charge in [-0.1, -0.05) is 55.1 Å². The molecule has 2 rings (SSSR count). The minimum absolute atomic E-state index is 0.0715. The van der Waals surface area contributed by atoms with E-state index < -0.39 is 19.5 Å². The number of azide groups is 1. The van der Waals surface area contributed by atoms with E-state index >= 15 is 0 Å². The second kappa shape index (κ2) is 7.99. The Balaban J connectivity index is 2.46. The van der Waals surface area contributed by atoms with Crippen LogP contribution in [0, 0.1) is 17.4 Å². The van der Waals surface area contributed by atoms with Crippen molar-refractivity contribution in [3.05, 3.63) is 46.3 Å². The molecule has 1 saturated carbocycles. The van der Waals surface area contributed by atoms with Crippen molar-refractivity contribution >= 4 is 14.0 Å². The lowest BCUT2D eigenvalue weighted by molar-refractivity contribution is -0.134. The van der Waals surface area contributed by atoms with Crippen LogP contribution >= 0.6 is 0 Å². The Morgan fingerprint density at radius 2 is 1.96 bits per heavy atom. The Labute approximate surface area is 157 Å². The summed E-state index contributed by atoms with van der Waals surface area (Å²) in [6, 6.07) is 9.40. The molecule has 3 atom stereocenters. The summed E-state index contributed by atoms with van der Waals surface area (Å²) >= 11 is 0. The predicted molar refractivity (Wildman–Crippen MR) is 108 cm³/mol. The van der Waals surface area contributed by atoms with Crippen LogP contribution in [-0.2, 0) is 10.2 Å². The van der Waals surface area contributed by atoms with E-state index in [1.54, 1.807) is 0 Å². The minimum atomic E-state index is -1.60. The molecule has 0 saturated heterocycles. The summed E-state index contributed by atoms with van der Waals surface area (Å²) in [5.41, 5.74) is 12.7. The van der Waals surface area contributed by atoms with Crippen LogP contribution in [0.15, 0.2) is 35.4 Å². The van der Waals surface area contributed by atoms with E-state index in [0.29, 0.717) is 19.5 Å². The lowest BCUT2D eigenvalue weighted by Gasteiger charge is -2.27. The maximum Gasteiger partial charge on any atom is 0.233 e. The van der Waals surface area contributed by atoms with E-state index in [0.717, 1.165) is 5.56 Å². The number of hydrogen-bond donors (Lipinski definition) is 0. The van der Waals surface area contributed by atoms with Gasteiger partial charge in [-0.3, -0.25) is 4.79 Å². The van der Waals surface area contributed by atoms with Crippen molar-refractivity contribution < 1.29 is 4.79 Å². The van der Waals surface area contributed by atoms with Crippen LogP contribution in [0.2, 0.25) is 19.6 Å². The van der Waals surface area contributed by atoms with Gasteiger partial charge in [0.15, 0.2) is 0 Å². The third-order valence-electron chi connectivity index (χ3n) is 4.89. The van der Waals surface area contributed by atoms with Crippen LogP contribution in [0.25, 0.3) is 10.4 Å². The zero-order chi connectivity index (χ0) is 19.4. The Kier molecular flexibility index (Phi) is 6.17. The molecule has 0 N–H and O–H groups in total. The van der Waals surface area contributed by atoms with Crippen molar-refractivity contribution in [2.24, 2.45) is 11.0 Å². The van der Waals surface area contributed by atoms with Crippen molar-refractivity contribution in [2.75, 3.05) is 13.1 Å². The molecule has 0 spiro atoms. The van der Waals surface area contributed by atoms with Crippen LogP contribution in [0.3, 0.4) is 0 Å². The zero-order valence-electron chi connectivity index (χ0n) is 16.4. The molecule has 0 bridgehead atoms. The van der Waals surface area contributed by atoms with Gasteiger partial charge in [-0.25, -0.2) is 0 Å². The molecule has 1 amide bonds. The normalized spacial score (nSPS) is 22.4. The molecule has 0 unspecified atom stereocenters. The molecule has 1 aromatic rings. The summed E-state index contributed by atoms with van der Waals surface area (Å²) < 4.78 is 0. The third kappa shape index (κ3) is 4.12. The fraction of sp³-hybridized carbons (Fsp3) is 0.550. The van der Waals surface area contributed by atoms with Crippen LogP contribution in [0.4, 0.5) is 0 Å². The number of amides is 1. The number of hydrogen-bond acceptors (Lipinski definition) is 2. The highest BCUT2D eigenvalue weighted by atomic mass is 28.3. The minimum Gasteiger partial charge on any atom is -0.342 e. The first kappa shape index (κ1) is 20.1. The van der Waals surface area contributed by atoms with E-state index in [2.05, 4.69) is 41.1 Å². The van der Waals surface area contributed by atoms with Crippen molar-refractivity contribution in [1.82, 2.24) is 4.90 Å². The average molecular weight is 369 g/mol. The lowest BCUT2D eigenvalue weighted by Crippen LogP contribution is -2.41. The van der Waals surface area contributed by atoms with Gasteiger partial charge in [0.05, 0.1) is 5.41 Å². The largest absolute Gasteiger partial charge is 0.342 e. The quantitative estimate of drug-likeness (QED) is 0.242. The van der Waals surface area contributed by atoms with Gasteiger partial charge in [0.2, 0.25) is 5.91 Å². The van der Waals surface area contributed by atoms with Crippen molar-refractivity contribution in [2.45, 2.75) is 51.4 Å². The summed E-state index contributed by atoms with van der Waals surface area (Å²) in [6.07, 6.45) is 0.677. The highest BCUT2D eigenvalue weighted by Gasteiger charge is 2.64. The molecule has 26 heavy (non-hydrogen) atoms. The standard InChI is InChI=1S/C20H28N4OSi/c1-6-24(7-2)19(25)20(16-11-9-8-10-12-16)15-17(20)18(22-23-21)13-14-26(3,4)5/h8-12,17-18H,6-7,15H2,1-5H3/t17-,18-,20+/m0/s1. The maximum atomic E-state index is 13.4. The summed E-state index contributed by atoms with van der Waals surface area (Å²) in [5.74, 6) is 3.24. The van der Waals surface area contributed by atoms with E-state index in [9.17, 15) is 4.79 Å². The maximum absolute atomic E-state index is 13.4. The van der Waals surface area contributed by atoms with Crippen LogP contribution in [0.1, 0.15) is 25.8 Å². The molecule has 6 heteroatoms. The van der Waals surface area contributed by atoms with E-state index in [-0.39, 0.29) is 11.8 Å². The predicted octanol–water partition coefficient (Wildman–Crippen LogP) is 4.37. The summed E-state index contributed by atoms with van der Waals surface area (Å²) in [6.45, 7) is 11.8. The first-order valence-corrected chi connectivity index (χ1v) is 12.7. The Morgan fingerprint density at radius 3 is 2.46 bits per heavy atom. The zero-order valence-corrected chi connectivity index (χ0v) is 17.4. The molecule has 1 aromatic carbocycles. The van der Waals surface area contributed by atoms with E-state index in [1.807, 2.05) is 49.1 Å². The van der Waals surface area contributed by atoms with Gasteiger partial charge >= 0.3 is 0 Å². The Bertz CT molecular complexity index is 752. The van der Waals surface area contributed by atoms with Gasteiger partial charge in [-0.15, -0.1) is 11.5 Å². The molecule has 1 aliphatic carbocycles. The molecule has 0 aliphatic heterocycles. The number of carbonyl (C=O) groups excluding carboxylic acids is 1. The molecule has 138 valence electrons.